The van der Waals surface area contributed by atoms with E-state index in [4.69, 9.17) is 0 Å². The van der Waals surface area contributed by atoms with Crippen molar-refractivity contribution in [1.29, 1.82) is 0 Å². The summed E-state index contributed by atoms with van der Waals surface area (Å²) in [6, 6.07) is 15.9. The molecule has 130 valence electrons. The lowest BCUT2D eigenvalue weighted by Crippen LogP contribution is -2.38. The van der Waals surface area contributed by atoms with Crippen molar-refractivity contribution >= 4 is 17.5 Å². The molecule has 2 aromatic rings. The largest absolute Gasteiger partial charge is 0.393 e. The number of carbonyl (C=O) groups is 2. The maximum absolute atomic E-state index is 12.6. The maximum Gasteiger partial charge on any atom is 0.255 e. The molecule has 5 nitrogen and oxygen atoms in total. The number of hydrogen-bond donors (Lipinski definition) is 3. The Bertz CT molecular complexity index is 738. The van der Waals surface area contributed by atoms with Crippen LogP contribution in [0.5, 0.6) is 0 Å². The molecule has 1 fully saturated rings. The molecule has 1 aliphatic carbocycles. The molecular formula is C20H22N2O3. The summed E-state index contributed by atoms with van der Waals surface area (Å²) in [5.41, 5.74) is 1.47. The molecule has 0 aliphatic heterocycles. The number of rotatable bonds is 4. The third-order valence-corrected chi connectivity index (χ3v) is 4.49. The summed E-state index contributed by atoms with van der Waals surface area (Å²) in [5.74, 6) is -0.452. The van der Waals surface area contributed by atoms with Crippen LogP contribution in [0.4, 0.5) is 5.69 Å². The minimum atomic E-state index is -0.259. The van der Waals surface area contributed by atoms with Crippen LogP contribution in [0.2, 0.25) is 0 Å². The third kappa shape index (κ3) is 4.45. The first-order chi connectivity index (χ1) is 12.1. The molecule has 0 aromatic heterocycles. The second-order valence-electron chi connectivity index (χ2n) is 6.34. The minimum Gasteiger partial charge on any atom is -0.393 e. The number of nitrogens with one attached hydrogen (secondary N) is 2. The SMILES string of the molecule is O=C(Nc1ccccc1C(=O)NC1CCC(O)CC1)c1ccccc1. The Labute approximate surface area is 147 Å². The van der Waals surface area contributed by atoms with E-state index in [9.17, 15) is 14.7 Å². The zero-order valence-corrected chi connectivity index (χ0v) is 13.9. The van der Waals surface area contributed by atoms with E-state index < -0.39 is 0 Å². The fourth-order valence-corrected chi connectivity index (χ4v) is 3.06. The first kappa shape index (κ1) is 17.2. The molecule has 0 heterocycles. The fraction of sp³-hybridized carbons (Fsp3) is 0.300. The highest BCUT2D eigenvalue weighted by molar-refractivity contribution is 6.09. The van der Waals surface area contributed by atoms with E-state index in [1.807, 2.05) is 6.07 Å². The lowest BCUT2D eigenvalue weighted by molar-refractivity contribution is 0.0868. The Hall–Kier alpha value is -2.66. The van der Waals surface area contributed by atoms with Gasteiger partial charge in [-0.25, -0.2) is 0 Å². The highest BCUT2D eigenvalue weighted by Gasteiger charge is 2.22. The van der Waals surface area contributed by atoms with Crippen molar-refractivity contribution in [2.24, 2.45) is 0 Å². The van der Waals surface area contributed by atoms with Gasteiger partial charge in [-0.3, -0.25) is 9.59 Å². The van der Waals surface area contributed by atoms with Crippen molar-refractivity contribution in [1.82, 2.24) is 5.32 Å². The summed E-state index contributed by atoms with van der Waals surface area (Å²) in [5, 5.41) is 15.4. The zero-order chi connectivity index (χ0) is 17.6. The minimum absolute atomic E-state index is 0.0637. The Morgan fingerprint density at radius 3 is 2.20 bits per heavy atom. The van der Waals surface area contributed by atoms with E-state index in [2.05, 4.69) is 10.6 Å². The molecule has 0 spiro atoms. The van der Waals surface area contributed by atoms with Gasteiger partial charge in [0.05, 0.1) is 17.4 Å². The second-order valence-corrected chi connectivity index (χ2v) is 6.34. The molecule has 2 amide bonds. The molecule has 0 atom stereocenters. The van der Waals surface area contributed by atoms with Crippen LogP contribution in [-0.4, -0.2) is 29.1 Å². The van der Waals surface area contributed by atoms with E-state index in [0.29, 0.717) is 29.7 Å². The molecule has 0 unspecified atom stereocenters. The summed E-state index contributed by atoms with van der Waals surface area (Å²) < 4.78 is 0. The number of amides is 2. The van der Waals surface area contributed by atoms with Gasteiger partial charge in [-0.05, 0) is 49.9 Å². The second kappa shape index (κ2) is 7.94. The molecule has 3 N–H and O–H groups in total. The summed E-state index contributed by atoms with van der Waals surface area (Å²) in [6.45, 7) is 0. The summed E-state index contributed by atoms with van der Waals surface area (Å²) >= 11 is 0. The van der Waals surface area contributed by atoms with Crippen molar-refractivity contribution in [3.05, 3.63) is 65.7 Å². The Kier molecular flexibility index (Phi) is 5.46. The molecule has 2 aromatic carbocycles. The smallest absolute Gasteiger partial charge is 0.255 e. The van der Waals surface area contributed by atoms with Gasteiger partial charge in [-0.2, -0.15) is 0 Å². The summed E-state index contributed by atoms with van der Waals surface area (Å²) in [7, 11) is 0. The molecule has 0 bridgehead atoms. The van der Waals surface area contributed by atoms with Gasteiger partial charge in [0.2, 0.25) is 0 Å². The Morgan fingerprint density at radius 2 is 1.48 bits per heavy atom. The molecule has 3 rings (SSSR count). The van der Waals surface area contributed by atoms with Crippen LogP contribution in [0, 0.1) is 0 Å². The summed E-state index contributed by atoms with van der Waals surface area (Å²) in [4.78, 5) is 25.0. The first-order valence-electron chi connectivity index (χ1n) is 8.58. The number of benzene rings is 2. The highest BCUT2D eigenvalue weighted by atomic mass is 16.3. The van der Waals surface area contributed by atoms with Gasteiger partial charge in [0.1, 0.15) is 0 Å². The van der Waals surface area contributed by atoms with Crippen molar-refractivity contribution in [2.75, 3.05) is 5.32 Å². The Morgan fingerprint density at radius 1 is 0.840 bits per heavy atom. The van der Waals surface area contributed by atoms with Crippen molar-refractivity contribution < 1.29 is 14.7 Å². The van der Waals surface area contributed by atoms with Crippen LogP contribution in [0.15, 0.2) is 54.6 Å². The first-order valence-corrected chi connectivity index (χ1v) is 8.58. The molecule has 1 saturated carbocycles. The topological polar surface area (TPSA) is 78.4 Å². The van der Waals surface area contributed by atoms with Gasteiger partial charge in [-0.15, -0.1) is 0 Å². The van der Waals surface area contributed by atoms with Crippen LogP contribution >= 0.6 is 0 Å². The third-order valence-electron chi connectivity index (χ3n) is 4.49. The molecule has 5 heteroatoms. The lowest BCUT2D eigenvalue weighted by atomic mass is 9.93. The standard InChI is InChI=1S/C20H22N2O3/c23-16-12-10-15(11-13-16)21-20(25)17-8-4-5-9-18(17)22-19(24)14-6-2-1-3-7-14/h1-9,15-16,23H,10-13H2,(H,21,25)(H,22,24). The molecule has 1 aliphatic rings. The predicted octanol–water partition coefficient (Wildman–Crippen LogP) is 2.97. The quantitative estimate of drug-likeness (QED) is 0.802. The normalized spacial score (nSPS) is 19.9. The molecule has 0 saturated heterocycles. The van der Waals surface area contributed by atoms with Gasteiger partial charge in [0.25, 0.3) is 11.8 Å². The average molecular weight is 338 g/mol. The number of aliphatic hydroxyl groups is 1. The van der Waals surface area contributed by atoms with Crippen molar-refractivity contribution in [3.8, 4) is 0 Å². The number of aliphatic hydroxyl groups excluding tert-OH is 1. The van der Waals surface area contributed by atoms with Crippen LogP contribution in [0.25, 0.3) is 0 Å². The Balaban J connectivity index is 1.70. The zero-order valence-electron chi connectivity index (χ0n) is 13.9. The number of carbonyl (C=O) groups excluding carboxylic acids is 2. The lowest BCUT2D eigenvalue weighted by Gasteiger charge is -2.26. The summed E-state index contributed by atoms with van der Waals surface area (Å²) in [6.07, 6.45) is 2.69. The van der Waals surface area contributed by atoms with Crippen LogP contribution in [0.3, 0.4) is 0 Å². The van der Waals surface area contributed by atoms with E-state index in [-0.39, 0.29) is 24.0 Å². The van der Waals surface area contributed by atoms with Gasteiger partial charge in [0.15, 0.2) is 0 Å². The van der Waals surface area contributed by atoms with E-state index in [0.717, 1.165) is 12.8 Å². The van der Waals surface area contributed by atoms with Gasteiger partial charge >= 0.3 is 0 Å². The van der Waals surface area contributed by atoms with E-state index in [1.165, 1.54) is 0 Å². The van der Waals surface area contributed by atoms with Crippen LogP contribution in [0.1, 0.15) is 46.4 Å². The van der Waals surface area contributed by atoms with E-state index in [1.54, 1.807) is 48.5 Å². The van der Waals surface area contributed by atoms with Crippen LogP contribution < -0.4 is 10.6 Å². The fourth-order valence-electron chi connectivity index (χ4n) is 3.06. The number of anilines is 1. The number of hydrogen-bond acceptors (Lipinski definition) is 3. The maximum atomic E-state index is 12.6. The van der Waals surface area contributed by atoms with Crippen molar-refractivity contribution in [2.45, 2.75) is 37.8 Å². The average Bonchev–Trinajstić information content (AvgIpc) is 2.64. The molecular weight excluding hydrogens is 316 g/mol. The monoisotopic (exact) mass is 338 g/mol. The van der Waals surface area contributed by atoms with Gasteiger partial charge < -0.3 is 15.7 Å². The van der Waals surface area contributed by atoms with Gasteiger partial charge in [0, 0.05) is 11.6 Å². The van der Waals surface area contributed by atoms with Crippen molar-refractivity contribution in [3.63, 3.8) is 0 Å². The molecule has 25 heavy (non-hydrogen) atoms. The number of para-hydroxylation sites is 1. The van der Waals surface area contributed by atoms with Gasteiger partial charge in [-0.1, -0.05) is 30.3 Å². The van der Waals surface area contributed by atoms with E-state index >= 15 is 0 Å². The predicted molar refractivity (Wildman–Crippen MR) is 96.6 cm³/mol. The van der Waals surface area contributed by atoms with Crippen LogP contribution in [-0.2, 0) is 0 Å². The molecule has 0 radical (unpaired) electrons. The highest BCUT2D eigenvalue weighted by Crippen LogP contribution is 2.21.